The lowest BCUT2D eigenvalue weighted by molar-refractivity contribution is -0.142. The third kappa shape index (κ3) is 5.28. The number of carbonyl (C=O) groups is 2. The van der Waals surface area contributed by atoms with Crippen molar-refractivity contribution in [3.63, 3.8) is 0 Å². The molecule has 11 nitrogen and oxygen atoms in total. The van der Waals surface area contributed by atoms with Gasteiger partial charge in [-0.15, -0.1) is 5.10 Å². The molecule has 14 heteroatoms. The molecule has 1 amide bonds. The number of carboxylic acids is 1. The van der Waals surface area contributed by atoms with E-state index in [1.807, 2.05) is 0 Å². The number of aromatic nitrogens is 4. The van der Waals surface area contributed by atoms with Crippen molar-refractivity contribution in [1.82, 2.24) is 19.6 Å². The van der Waals surface area contributed by atoms with Crippen molar-refractivity contribution in [3.8, 4) is 0 Å². The number of carboxylic acid groups (broad SMARTS) is 1. The van der Waals surface area contributed by atoms with E-state index < -0.39 is 29.4 Å². The Bertz CT molecular complexity index is 1170. The molecule has 0 radical (unpaired) electrons. The Labute approximate surface area is 190 Å². The fourth-order valence-corrected chi connectivity index (χ4v) is 3.52. The lowest BCUT2D eigenvalue weighted by atomic mass is 9.96. The van der Waals surface area contributed by atoms with E-state index in [0.717, 1.165) is 35.1 Å². The second-order valence-corrected chi connectivity index (χ2v) is 7.42. The largest absolute Gasteiger partial charge is 0.481 e. The molecular formula is C19H21F2N7O4S. The van der Waals surface area contributed by atoms with Crippen LogP contribution < -0.4 is 16.0 Å². The van der Waals surface area contributed by atoms with Crippen molar-refractivity contribution in [2.45, 2.75) is 12.8 Å². The number of carbonyl (C=O) groups excluding carboxylic acids is 1. The van der Waals surface area contributed by atoms with Gasteiger partial charge in [-0.1, -0.05) is 0 Å². The molecule has 0 saturated carbocycles. The number of nitrogen functional groups attached to an aromatic ring is 1. The van der Waals surface area contributed by atoms with Gasteiger partial charge in [-0.05, 0) is 24.9 Å². The van der Waals surface area contributed by atoms with Crippen LogP contribution in [0.1, 0.15) is 23.2 Å². The van der Waals surface area contributed by atoms with E-state index >= 15 is 0 Å². The average molecular weight is 481 g/mol. The normalized spacial score (nSPS) is 14.0. The molecule has 4 rings (SSSR count). The maximum atomic E-state index is 14.6. The Morgan fingerprint density at radius 1 is 1.24 bits per heavy atom. The highest BCUT2D eigenvalue weighted by Gasteiger charge is 2.28. The number of halogens is 2. The van der Waals surface area contributed by atoms with E-state index in [1.54, 1.807) is 11.2 Å². The van der Waals surface area contributed by atoms with Gasteiger partial charge in [0.1, 0.15) is 11.3 Å². The van der Waals surface area contributed by atoms with Crippen LogP contribution >= 0.6 is 12.0 Å². The van der Waals surface area contributed by atoms with Gasteiger partial charge in [0, 0.05) is 19.3 Å². The zero-order valence-corrected chi connectivity index (χ0v) is 18.2. The smallest absolute Gasteiger partial charge is 0.306 e. The van der Waals surface area contributed by atoms with Gasteiger partial charge in [-0.3, -0.25) is 14.6 Å². The van der Waals surface area contributed by atoms with Crippen LogP contribution in [0.5, 0.6) is 0 Å². The maximum Gasteiger partial charge on any atom is 0.306 e. The van der Waals surface area contributed by atoms with Gasteiger partial charge < -0.3 is 25.6 Å². The molecule has 0 bridgehead atoms. The van der Waals surface area contributed by atoms with E-state index in [9.17, 15) is 18.4 Å². The second-order valence-electron chi connectivity index (χ2n) is 7.05. The molecule has 0 spiro atoms. The predicted molar refractivity (Wildman–Crippen MR) is 118 cm³/mol. The molecule has 33 heavy (non-hydrogen) atoms. The van der Waals surface area contributed by atoms with Crippen LogP contribution in [0.4, 0.5) is 26.0 Å². The Hall–Kier alpha value is -3.52. The number of nitrogens with one attached hydrogen (secondary N) is 1. The highest BCUT2D eigenvalue weighted by molar-refractivity contribution is 7.93. The van der Waals surface area contributed by atoms with Crippen molar-refractivity contribution < 1.29 is 28.0 Å². The number of nitrogens with two attached hydrogens (primary N) is 1. The minimum absolute atomic E-state index is 0.0413. The van der Waals surface area contributed by atoms with Crippen LogP contribution in [0.15, 0.2) is 24.8 Å². The fourth-order valence-electron chi connectivity index (χ4n) is 3.52. The summed E-state index contributed by atoms with van der Waals surface area (Å²) >= 11 is 0.750. The molecule has 1 saturated heterocycles. The summed E-state index contributed by atoms with van der Waals surface area (Å²) in [6.07, 6.45) is 6.55. The van der Waals surface area contributed by atoms with Gasteiger partial charge in [-0.25, -0.2) is 18.3 Å². The van der Waals surface area contributed by atoms with Gasteiger partial charge in [-0.2, -0.15) is 0 Å². The summed E-state index contributed by atoms with van der Waals surface area (Å²) in [5.41, 5.74) is 5.95. The van der Waals surface area contributed by atoms with Crippen LogP contribution in [-0.2, 0) is 4.79 Å². The number of anilines is 3. The van der Waals surface area contributed by atoms with Crippen molar-refractivity contribution in [1.29, 1.82) is 0 Å². The van der Waals surface area contributed by atoms with Gasteiger partial charge in [0.15, 0.2) is 23.1 Å². The Morgan fingerprint density at radius 3 is 2.55 bits per heavy atom. The number of hydrogen-bond acceptors (Lipinski definition) is 9. The number of hydrogen-bond donors (Lipinski definition) is 4. The van der Waals surface area contributed by atoms with Crippen molar-refractivity contribution in [3.05, 3.63) is 42.0 Å². The first-order valence-corrected chi connectivity index (χ1v) is 10.8. The fraction of sp³-hybridized carbons (Fsp3) is 0.316. The SMILES string of the molecule is CSO.Nc1nn2cc(F)cnc2c1C(=O)Nc1cncc(F)c1N1CCC(C(=O)O)CC1. The number of pyridine rings is 1. The summed E-state index contributed by atoms with van der Waals surface area (Å²) in [5.74, 6) is -3.57. The Morgan fingerprint density at radius 2 is 1.91 bits per heavy atom. The second kappa shape index (κ2) is 10.4. The minimum atomic E-state index is -0.883. The van der Waals surface area contributed by atoms with Crippen LogP contribution in [0.2, 0.25) is 0 Å². The van der Waals surface area contributed by atoms with E-state index in [1.165, 1.54) is 6.20 Å². The minimum Gasteiger partial charge on any atom is -0.481 e. The van der Waals surface area contributed by atoms with E-state index in [-0.39, 0.29) is 28.4 Å². The molecule has 1 aliphatic rings. The van der Waals surface area contributed by atoms with Crippen molar-refractivity contribution in [2.75, 3.05) is 35.3 Å². The lowest BCUT2D eigenvalue weighted by Crippen LogP contribution is -2.37. The number of aliphatic carboxylic acids is 1. The molecule has 0 atom stereocenters. The molecule has 0 unspecified atom stereocenters. The van der Waals surface area contributed by atoms with Gasteiger partial charge in [0.25, 0.3) is 5.91 Å². The highest BCUT2D eigenvalue weighted by Crippen LogP contribution is 2.32. The molecule has 4 heterocycles. The molecule has 1 aliphatic heterocycles. The number of rotatable bonds is 4. The van der Waals surface area contributed by atoms with Crippen LogP contribution in [0.25, 0.3) is 5.65 Å². The molecule has 0 aromatic carbocycles. The lowest BCUT2D eigenvalue weighted by Gasteiger charge is -2.33. The molecule has 176 valence electrons. The molecular weight excluding hydrogens is 460 g/mol. The maximum absolute atomic E-state index is 14.6. The van der Waals surface area contributed by atoms with E-state index in [4.69, 9.17) is 15.4 Å². The van der Waals surface area contributed by atoms with Gasteiger partial charge in [0.05, 0.1) is 36.4 Å². The summed E-state index contributed by atoms with van der Waals surface area (Å²) in [6, 6.07) is 0. The summed E-state index contributed by atoms with van der Waals surface area (Å²) in [6.45, 7) is 0.612. The number of amides is 1. The summed E-state index contributed by atoms with van der Waals surface area (Å²) in [4.78, 5) is 33.3. The van der Waals surface area contributed by atoms with E-state index in [0.29, 0.717) is 25.9 Å². The molecule has 1 fully saturated rings. The Kier molecular flexibility index (Phi) is 7.60. The first-order chi connectivity index (χ1) is 15.8. The monoisotopic (exact) mass is 481 g/mol. The predicted octanol–water partition coefficient (Wildman–Crippen LogP) is 2.36. The molecule has 3 aromatic rings. The first-order valence-electron chi connectivity index (χ1n) is 9.66. The third-order valence-electron chi connectivity index (χ3n) is 4.98. The molecule has 5 N–H and O–H groups in total. The summed E-state index contributed by atoms with van der Waals surface area (Å²) < 4.78 is 36.5. The van der Waals surface area contributed by atoms with Gasteiger partial charge >= 0.3 is 5.97 Å². The number of piperidine rings is 1. The summed E-state index contributed by atoms with van der Waals surface area (Å²) in [7, 11) is 0. The van der Waals surface area contributed by atoms with Gasteiger partial charge in [0.2, 0.25) is 0 Å². The van der Waals surface area contributed by atoms with E-state index in [2.05, 4.69) is 20.4 Å². The third-order valence-corrected chi connectivity index (χ3v) is 4.98. The number of fused-ring (bicyclic) bond motifs is 1. The Balaban J connectivity index is 0.000000968. The molecule has 0 aliphatic carbocycles. The van der Waals surface area contributed by atoms with Crippen LogP contribution in [-0.4, -0.2) is 60.5 Å². The number of nitrogens with zero attached hydrogens (tertiary/aromatic N) is 5. The van der Waals surface area contributed by atoms with Crippen molar-refractivity contribution >= 4 is 46.8 Å². The topological polar surface area (TPSA) is 159 Å². The highest BCUT2D eigenvalue weighted by atomic mass is 32.2. The van der Waals surface area contributed by atoms with Crippen molar-refractivity contribution in [2.24, 2.45) is 5.92 Å². The average Bonchev–Trinajstić information content (AvgIpc) is 3.09. The summed E-state index contributed by atoms with van der Waals surface area (Å²) in [5, 5.41) is 15.6. The van der Waals surface area contributed by atoms with Crippen LogP contribution in [0, 0.1) is 17.6 Å². The first kappa shape index (κ1) is 24.1. The zero-order chi connectivity index (χ0) is 24.1. The zero-order valence-electron chi connectivity index (χ0n) is 17.4. The quantitative estimate of drug-likeness (QED) is 0.408. The van der Waals surface area contributed by atoms with Crippen LogP contribution in [0.3, 0.4) is 0 Å². The standard InChI is InChI=1S/C18H17F2N7O3.CH4OS/c19-10-5-23-16-13(15(21)25-27(16)8-10)17(28)24-12-7-22-6-11(20)14(12)26-3-1-9(2-4-26)18(29)30;1-3-2/h5-9H,1-4H2,(H2,21,25)(H,24,28)(H,29,30);2H,1H3. The molecule has 3 aromatic heterocycles.